The third-order valence-corrected chi connectivity index (χ3v) is 4.65. The Morgan fingerprint density at radius 1 is 1.25 bits per heavy atom. The van der Waals surface area contributed by atoms with E-state index in [1.54, 1.807) is 16.8 Å². The van der Waals surface area contributed by atoms with Crippen molar-refractivity contribution >= 4 is 23.4 Å². The molecule has 3 aromatic rings. The maximum absolute atomic E-state index is 12.5. The summed E-state index contributed by atoms with van der Waals surface area (Å²) >= 11 is 1.13. The van der Waals surface area contributed by atoms with Gasteiger partial charge in [0.1, 0.15) is 5.75 Å². The molecule has 10 heteroatoms. The summed E-state index contributed by atoms with van der Waals surface area (Å²) in [6.45, 7) is 0.965. The Morgan fingerprint density at radius 3 is 2.79 bits per heavy atom. The summed E-state index contributed by atoms with van der Waals surface area (Å²) in [5, 5.41) is 14.6. The molecule has 0 aliphatic rings. The lowest BCUT2D eigenvalue weighted by Crippen LogP contribution is -2.16. The second kappa shape index (κ2) is 8.79. The highest BCUT2D eigenvalue weighted by atomic mass is 32.2. The number of aromatic nitrogens is 4. The molecule has 0 unspecified atom stereocenters. The fourth-order valence-electron chi connectivity index (χ4n) is 2.55. The summed E-state index contributed by atoms with van der Waals surface area (Å²) in [4.78, 5) is 12.3. The van der Waals surface area contributed by atoms with E-state index < -0.39 is 12.5 Å². The summed E-state index contributed by atoms with van der Waals surface area (Å²) < 4.78 is 30.9. The number of nitrogens with zero attached hydrogens (tertiary/aromatic N) is 4. The van der Waals surface area contributed by atoms with Crippen LogP contribution >= 0.6 is 11.8 Å². The van der Waals surface area contributed by atoms with E-state index in [0.29, 0.717) is 5.16 Å². The molecule has 0 saturated heterocycles. The number of anilines is 1. The third kappa shape index (κ3) is 4.83. The van der Waals surface area contributed by atoms with Crippen LogP contribution in [0.3, 0.4) is 0 Å². The Bertz CT molecular complexity index is 980. The SMILES string of the molecule is Cc1ccc(-n2nnnc2SCC(=O)Nc2ccccc2OC(F)F)c(C)c1. The van der Waals surface area contributed by atoms with E-state index in [1.165, 1.54) is 12.1 Å². The van der Waals surface area contributed by atoms with Gasteiger partial charge in [0.25, 0.3) is 0 Å². The number of para-hydroxylation sites is 2. The predicted octanol–water partition coefficient (Wildman–Crippen LogP) is 3.61. The second-order valence-electron chi connectivity index (χ2n) is 5.87. The first kappa shape index (κ1) is 19.7. The summed E-state index contributed by atoms with van der Waals surface area (Å²) in [5.41, 5.74) is 3.10. The van der Waals surface area contributed by atoms with Crippen LogP contribution in [0.2, 0.25) is 0 Å². The molecular formula is C18H17F2N5O2S. The number of carbonyl (C=O) groups is 1. The number of rotatable bonds is 7. The van der Waals surface area contributed by atoms with E-state index in [0.717, 1.165) is 28.6 Å². The van der Waals surface area contributed by atoms with Gasteiger partial charge >= 0.3 is 6.61 Å². The number of hydrogen-bond donors (Lipinski definition) is 1. The molecule has 0 atom stereocenters. The van der Waals surface area contributed by atoms with Crippen LogP contribution < -0.4 is 10.1 Å². The molecular weight excluding hydrogens is 388 g/mol. The van der Waals surface area contributed by atoms with Gasteiger partial charge < -0.3 is 10.1 Å². The fraction of sp³-hybridized carbons (Fsp3) is 0.222. The first-order valence-electron chi connectivity index (χ1n) is 8.26. The van der Waals surface area contributed by atoms with Crippen molar-refractivity contribution in [1.82, 2.24) is 20.2 Å². The minimum Gasteiger partial charge on any atom is -0.433 e. The van der Waals surface area contributed by atoms with E-state index in [4.69, 9.17) is 0 Å². The van der Waals surface area contributed by atoms with E-state index in [-0.39, 0.29) is 17.2 Å². The third-order valence-electron chi connectivity index (χ3n) is 3.73. The van der Waals surface area contributed by atoms with Crippen molar-refractivity contribution in [3.63, 3.8) is 0 Å². The van der Waals surface area contributed by atoms with Crippen molar-refractivity contribution in [3.05, 3.63) is 53.6 Å². The van der Waals surface area contributed by atoms with Gasteiger partial charge in [-0.2, -0.15) is 13.5 Å². The Kier molecular flexibility index (Phi) is 6.19. The summed E-state index contributed by atoms with van der Waals surface area (Å²) in [7, 11) is 0. The Balaban J connectivity index is 1.68. The number of alkyl halides is 2. The average Bonchev–Trinajstić information content (AvgIpc) is 3.09. The summed E-state index contributed by atoms with van der Waals surface area (Å²) in [6.07, 6.45) is 0. The molecule has 0 radical (unpaired) electrons. The van der Waals surface area contributed by atoms with Crippen LogP contribution in [0.1, 0.15) is 11.1 Å². The molecule has 1 amide bonds. The van der Waals surface area contributed by atoms with Crippen LogP contribution in [0.25, 0.3) is 5.69 Å². The van der Waals surface area contributed by atoms with Crippen molar-refractivity contribution in [1.29, 1.82) is 0 Å². The maximum Gasteiger partial charge on any atom is 0.387 e. The van der Waals surface area contributed by atoms with E-state index in [2.05, 4.69) is 25.6 Å². The number of amides is 1. The van der Waals surface area contributed by atoms with Crippen molar-refractivity contribution < 1.29 is 18.3 Å². The van der Waals surface area contributed by atoms with Crippen LogP contribution in [0.4, 0.5) is 14.5 Å². The molecule has 0 aliphatic heterocycles. The average molecular weight is 405 g/mol. The summed E-state index contributed by atoms with van der Waals surface area (Å²) in [5.74, 6) is -0.504. The standard InChI is InChI=1S/C18H17F2N5O2S/c1-11-7-8-14(12(2)9-11)25-18(22-23-24-25)28-10-16(26)21-13-5-3-4-6-15(13)27-17(19)20/h3-9,17H,10H2,1-2H3,(H,21,26). The normalized spacial score (nSPS) is 10.9. The van der Waals surface area contributed by atoms with Gasteiger partial charge in [-0.15, -0.1) is 5.10 Å². The van der Waals surface area contributed by atoms with Gasteiger partial charge in [-0.1, -0.05) is 41.6 Å². The van der Waals surface area contributed by atoms with Gasteiger partial charge in [0.2, 0.25) is 11.1 Å². The van der Waals surface area contributed by atoms with Gasteiger partial charge in [0.15, 0.2) is 0 Å². The smallest absolute Gasteiger partial charge is 0.387 e. The fourth-order valence-corrected chi connectivity index (χ4v) is 3.23. The number of halogens is 2. The van der Waals surface area contributed by atoms with E-state index in [9.17, 15) is 13.6 Å². The van der Waals surface area contributed by atoms with E-state index >= 15 is 0 Å². The van der Waals surface area contributed by atoms with Crippen LogP contribution in [-0.2, 0) is 4.79 Å². The van der Waals surface area contributed by atoms with Gasteiger partial charge in [-0.3, -0.25) is 4.79 Å². The van der Waals surface area contributed by atoms with Gasteiger partial charge in [-0.25, -0.2) is 0 Å². The topological polar surface area (TPSA) is 81.9 Å². The number of carbonyl (C=O) groups excluding carboxylic acids is 1. The molecule has 3 rings (SSSR count). The highest BCUT2D eigenvalue weighted by Gasteiger charge is 2.15. The molecule has 1 N–H and O–H groups in total. The van der Waals surface area contributed by atoms with Crippen molar-refractivity contribution in [2.45, 2.75) is 25.6 Å². The van der Waals surface area contributed by atoms with Crippen molar-refractivity contribution in [3.8, 4) is 11.4 Å². The minimum absolute atomic E-state index is 0.00566. The highest BCUT2D eigenvalue weighted by Crippen LogP contribution is 2.26. The minimum atomic E-state index is -2.98. The lowest BCUT2D eigenvalue weighted by molar-refractivity contribution is -0.113. The Morgan fingerprint density at radius 2 is 2.04 bits per heavy atom. The van der Waals surface area contributed by atoms with Crippen molar-refractivity contribution in [2.24, 2.45) is 0 Å². The second-order valence-corrected chi connectivity index (χ2v) is 6.82. The molecule has 0 fully saturated rings. The quantitative estimate of drug-likeness (QED) is 0.605. The molecule has 2 aromatic carbocycles. The first-order valence-corrected chi connectivity index (χ1v) is 9.25. The van der Waals surface area contributed by atoms with Crippen molar-refractivity contribution in [2.75, 3.05) is 11.1 Å². The van der Waals surface area contributed by atoms with Crippen LogP contribution in [0.5, 0.6) is 5.75 Å². The first-order chi connectivity index (χ1) is 13.4. The van der Waals surface area contributed by atoms with Gasteiger partial charge in [0.05, 0.1) is 17.1 Å². The number of thioether (sulfide) groups is 1. The van der Waals surface area contributed by atoms with Crippen LogP contribution in [0.15, 0.2) is 47.6 Å². The molecule has 1 heterocycles. The number of benzene rings is 2. The Hall–Kier alpha value is -3.01. The number of tetrazole rings is 1. The zero-order chi connectivity index (χ0) is 20.1. The zero-order valence-electron chi connectivity index (χ0n) is 15.1. The number of hydrogen-bond acceptors (Lipinski definition) is 6. The molecule has 146 valence electrons. The Labute approximate surface area is 164 Å². The largest absolute Gasteiger partial charge is 0.433 e. The predicted molar refractivity (Wildman–Crippen MR) is 101 cm³/mol. The number of aryl methyl sites for hydroxylation is 2. The monoisotopic (exact) mass is 405 g/mol. The molecule has 1 aromatic heterocycles. The maximum atomic E-state index is 12.5. The number of nitrogens with one attached hydrogen (secondary N) is 1. The zero-order valence-corrected chi connectivity index (χ0v) is 15.9. The van der Waals surface area contributed by atoms with Crippen LogP contribution in [0, 0.1) is 13.8 Å². The highest BCUT2D eigenvalue weighted by molar-refractivity contribution is 7.99. The lowest BCUT2D eigenvalue weighted by Gasteiger charge is -2.11. The number of ether oxygens (including phenoxy) is 1. The molecule has 0 saturated carbocycles. The van der Waals surface area contributed by atoms with Gasteiger partial charge in [0, 0.05) is 0 Å². The molecule has 28 heavy (non-hydrogen) atoms. The summed E-state index contributed by atoms with van der Waals surface area (Å²) in [6, 6.07) is 11.9. The molecule has 0 spiro atoms. The van der Waals surface area contributed by atoms with Gasteiger partial charge in [-0.05, 0) is 48.0 Å². The van der Waals surface area contributed by atoms with Crippen LogP contribution in [-0.4, -0.2) is 38.5 Å². The lowest BCUT2D eigenvalue weighted by atomic mass is 10.1. The molecule has 0 aliphatic carbocycles. The van der Waals surface area contributed by atoms with E-state index in [1.807, 2.05) is 32.0 Å². The molecule has 7 nitrogen and oxygen atoms in total. The molecule has 0 bridgehead atoms.